The number of hydrogen-bond acceptors (Lipinski definition) is 2. The summed E-state index contributed by atoms with van der Waals surface area (Å²) in [4.78, 5) is 11.9. The summed E-state index contributed by atoms with van der Waals surface area (Å²) in [5, 5.41) is 6.17. The normalized spacial score (nSPS) is 20.8. The first kappa shape index (κ1) is 14.0. The number of carbonyl (C=O) groups excluding carboxylic acids is 1. The molecule has 2 N–H and O–H groups in total. The number of rotatable bonds is 4. The van der Waals surface area contributed by atoms with Gasteiger partial charge in [0, 0.05) is 12.0 Å². The van der Waals surface area contributed by atoms with Crippen LogP contribution in [0.5, 0.6) is 0 Å². The van der Waals surface area contributed by atoms with Crippen molar-refractivity contribution < 1.29 is 9.18 Å². The molecule has 1 aromatic carbocycles. The van der Waals surface area contributed by atoms with E-state index >= 15 is 0 Å². The van der Waals surface area contributed by atoms with E-state index in [4.69, 9.17) is 0 Å². The van der Waals surface area contributed by atoms with Crippen LogP contribution in [0.15, 0.2) is 24.3 Å². The molecule has 0 radical (unpaired) electrons. The van der Waals surface area contributed by atoms with Gasteiger partial charge in [0.15, 0.2) is 0 Å². The predicted molar refractivity (Wildman–Crippen MR) is 73.2 cm³/mol. The van der Waals surface area contributed by atoms with Gasteiger partial charge in [0.1, 0.15) is 5.82 Å². The molecule has 0 saturated carbocycles. The SMILES string of the molecule is CC(NC(=O)CC1CCCNC1)c1ccccc1F. The van der Waals surface area contributed by atoms with Crippen molar-refractivity contribution in [2.24, 2.45) is 5.92 Å². The lowest BCUT2D eigenvalue weighted by Crippen LogP contribution is -2.35. The number of halogens is 1. The van der Waals surface area contributed by atoms with E-state index in [0.717, 1.165) is 25.9 Å². The average Bonchev–Trinajstić information content (AvgIpc) is 2.40. The second-order valence-corrected chi connectivity index (χ2v) is 5.23. The highest BCUT2D eigenvalue weighted by atomic mass is 19.1. The Labute approximate surface area is 113 Å². The van der Waals surface area contributed by atoms with Crippen LogP contribution in [-0.2, 0) is 4.79 Å². The van der Waals surface area contributed by atoms with E-state index in [1.807, 2.05) is 6.92 Å². The number of hydrogen-bond donors (Lipinski definition) is 2. The van der Waals surface area contributed by atoms with Gasteiger partial charge in [-0.1, -0.05) is 18.2 Å². The van der Waals surface area contributed by atoms with E-state index in [0.29, 0.717) is 17.9 Å². The first-order valence-corrected chi connectivity index (χ1v) is 6.91. The number of benzene rings is 1. The van der Waals surface area contributed by atoms with Crippen molar-refractivity contribution >= 4 is 5.91 Å². The van der Waals surface area contributed by atoms with Crippen molar-refractivity contribution in [3.63, 3.8) is 0 Å². The fourth-order valence-corrected chi connectivity index (χ4v) is 2.56. The summed E-state index contributed by atoms with van der Waals surface area (Å²) in [6.45, 7) is 3.76. The average molecular weight is 264 g/mol. The smallest absolute Gasteiger partial charge is 0.220 e. The Bertz CT molecular complexity index is 430. The summed E-state index contributed by atoms with van der Waals surface area (Å²) in [6, 6.07) is 6.28. The van der Waals surface area contributed by atoms with E-state index in [1.165, 1.54) is 6.07 Å². The molecule has 0 aliphatic carbocycles. The van der Waals surface area contributed by atoms with Gasteiger partial charge in [0.2, 0.25) is 5.91 Å². The summed E-state index contributed by atoms with van der Waals surface area (Å²) < 4.78 is 13.6. The molecule has 1 amide bonds. The molecular formula is C15H21FN2O. The molecule has 2 atom stereocenters. The van der Waals surface area contributed by atoms with Crippen LogP contribution in [0.25, 0.3) is 0 Å². The molecule has 1 aromatic rings. The van der Waals surface area contributed by atoms with Crippen molar-refractivity contribution in [1.29, 1.82) is 0 Å². The molecule has 2 unspecified atom stereocenters. The molecule has 1 aliphatic heterocycles. The quantitative estimate of drug-likeness (QED) is 0.876. The Balaban J connectivity index is 1.86. The maximum atomic E-state index is 13.6. The van der Waals surface area contributed by atoms with Crippen molar-refractivity contribution in [1.82, 2.24) is 10.6 Å². The summed E-state index contributed by atoms with van der Waals surface area (Å²) in [6.07, 6.45) is 2.74. The van der Waals surface area contributed by atoms with Crippen molar-refractivity contribution in [3.8, 4) is 0 Å². The van der Waals surface area contributed by atoms with Gasteiger partial charge in [0.05, 0.1) is 6.04 Å². The predicted octanol–water partition coefficient (Wildman–Crippen LogP) is 2.39. The number of carbonyl (C=O) groups is 1. The molecule has 0 bridgehead atoms. The molecule has 4 heteroatoms. The van der Waals surface area contributed by atoms with E-state index in [-0.39, 0.29) is 17.8 Å². The van der Waals surface area contributed by atoms with E-state index in [1.54, 1.807) is 18.2 Å². The van der Waals surface area contributed by atoms with Crippen LogP contribution >= 0.6 is 0 Å². The summed E-state index contributed by atoms with van der Waals surface area (Å²) in [5.41, 5.74) is 0.539. The van der Waals surface area contributed by atoms with Gasteiger partial charge in [-0.25, -0.2) is 4.39 Å². The van der Waals surface area contributed by atoms with Crippen LogP contribution < -0.4 is 10.6 Å². The van der Waals surface area contributed by atoms with Crippen molar-refractivity contribution in [2.45, 2.75) is 32.2 Å². The maximum absolute atomic E-state index is 13.6. The zero-order valence-corrected chi connectivity index (χ0v) is 11.3. The molecule has 1 fully saturated rings. The minimum atomic E-state index is -0.287. The number of amides is 1. The monoisotopic (exact) mass is 264 g/mol. The van der Waals surface area contributed by atoms with Crippen LogP contribution in [0.3, 0.4) is 0 Å². The fraction of sp³-hybridized carbons (Fsp3) is 0.533. The largest absolute Gasteiger partial charge is 0.349 e. The minimum absolute atomic E-state index is 0.00412. The zero-order chi connectivity index (χ0) is 13.7. The molecule has 2 rings (SSSR count). The van der Waals surface area contributed by atoms with Crippen LogP contribution in [-0.4, -0.2) is 19.0 Å². The highest BCUT2D eigenvalue weighted by Crippen LogP contribution is 2.18. The Morgan fingerprint density at radius 2 is 2.32 bits per heavy atom. The molecule has 1 saturated heterocycles. The maximum Gasteiger partial charge on any atom is 0.220 e. The van der Waals surface area contributed by atoms with Gasteiger partial charge >= 0.3 is 0 Å². The molecule has 0 aromatic heterocycles. The third kappa shape index (κ3) is 4.03. The standard InChI is InChI=1S/C15H21FN2O/c1-11(13-6-2-3-7-14(13)16)18-15(19)9-12-5-4-8-17-10-12/h2-3,6-7,11-12,17H,4-5,8-10H2,1H3,(H,18,19). The Hall–Kier alpha value is -1.42. The molecule has 104 valence electrons. The number of piperidine rings is 1. The van der Waals surface area contributed by atoms with Gasteiger partial charge in [-0.2, -0.15) is 0 Å². The van der Waals surface area contributed by atoms with Gasteiger partial charge < -0.3 is 10.6 Å². The molecule has 0 spiro atoms. The number of nitrogens with one attached hydrogen (secondary N) is 2. The lowest BCUT2D eigenvalue weighted by molar-refractivity contribution is -0.122. The van der Waals surface area contributed by atoms with Crippen LogP contribution in [0.1, 0.15) is 37.8 Å². The molecule has 1 aliphatic rings. The van der Waals surface area contributed by atoms with Gasteiger partial charge in [0.25, 0.3) is 0 Å². The third-order valence-corrected chi connectivity index (χ3v) is 3.62. The van der Waals surface area contributed by atoms with Gasteiger partial charge in [-0.05, 0) is 44.8 Å². The van der Waals surface area contributed by atoms with Gasteiger partial charge in [-0.15, -0.1) is 0 Å². The van der Waals surface area contributed by atoms with Crippen molar-refractivity contribution in [2.75, 3.05) is 13.1 Å². The van der Waals surface area contributed by atoms with Crippen LogP contribution in [0.2, 0.25) is 0 Å². The van der Waals surface area contributed by atoms with Gasteiger partial charge in [-0.3, -0.25) is 4.79 Å². The zero-order valence-electron chi connectivity index (χ0n) is 11.3. The highest BCUT2D eigenvalue weighted by molar-refractivity contribution is 5.76. The Kier molecular flexibility index (Phi) is 4.91. The Morgan fingerprint density at radius 1 is 1.53 bits per heavy atom. The van der Waals surface area contributed by atoms with Crippen molar-refractivity contribution in [3.05, 3.63) is 35.6 Å². The van der Waals surface area contributed by atoms with Crippen LogP contribution in [0.4, 0.5) is 4.39 Å². The fourth-order valence-electron chi connectivity index (χ4n) is 2.56. The summed E-state index contributed by atoms with van der Waals surface area (Å²) in [7, 11) is 0. The molecule has 19 heavy (non-hydrogen) atoms. The van der Waals surface area contributed by atoms with E-state index in [9.17, 15) is 9.18 Å². The van der Waals surface area contributed by atoms with Crippen LogP contribution in [0, 0.1) is 11.7 Å². The Morgan fingerprint density at radius 3 is 3.00 bits per heavy atom. The third-order valence-electron chi connectivity index (χ3n) is 3.62. The first-order chi connectivity index (χ1) is 9.16. The van der Waals surface area contributed by atoms with E-state index in [2.05, 4.69) is 10.6 Å². The molecule has 1 heterocycles. The highest BCUT2D eigenvalue weighted by Gasteiger charge is 2.19. The molecule has 3 nitrogen and oxygen atoms in total. The van der Waals surface area contributed by atoms with E-state index < -0.39 is 0 Å². The second-order valence-electron chi connectivity index (χ2n) is 5.23. The first-order valence-electron chi connectivity index (χ1n) is 6.91. The minimum Gasteiger partial charge on any atom is -0.349 e. The summed E-state index contributed by atoms with van der Waals surface area (Å²) in [5.74, 6) is 0.139. The topological polar surface area (TPSA) is 41.1 Å². The summed E-state index contributed by atoms with van der Waals surface area (Å²) >= 11 is 0. The lowest BCUT2D eigenvalue weighted by atomic mass is 9.95. The lowest BCUT2D eigenvalue weighted by Gasteiger charge is -2.23. The molecular weight excluding hydrogens is 243 g/mol. The second kappa shape index (κ2) is 6.66.